The first-order chi connectivity index (χ1) is 8.30. The van der Waals surface area contributed by atoms with Crippen molar-refractivity contribution >= 4 is 27.7 Å². The van der Waals surface area contributed by atoms with E-state index in [4.69, 9.17) is 4.74 Å². The zero-order chi connectivity index (χ0) is 13.9. The smallest absolute Gasteiger partial charge is 0.319 e. The number of esters is 1. The average Bonchev–Trinajstić information content (AvgIpc) is 2.31. The summed E-state index contributed by atoms with van der Waals surface area (Å²) in [5.41, 5.74) is -1.53. The second-order valence-electron chi connectivity index (χ2n) is 4.30. The molecular formula is C13H14BrFO3. The summed E-state index contributed by atoms with van der Waals surface area (Å²) in [5, 5.41) is 0. The van der Waals surface area contributed by atoms with Crippen LogP contribution in [0.15, 0.2) is 22.7 Å². The standard InChI is InChI=1S/C13H14BrFO3/c1-4-18-12(17)13(2,3)11(16)9-7-8(14)5-6-10(9)15/h5-7H,4H2,1-3H3. The highest BCUT2D eigenvalue weighted by Gasteiger charge is 2.39. The summed E-state index contributed by atoms with van der Waals surface area (Å²) >= 11 is 3.16. The monoisotopic (exact) mass is 316 g/mol. The Bertz CT molecular complexity index is 483. The Morgan fingerprint density at radius 3 is 2.56 bits per heavy atom. The van der Waals surface area contributed by atoms with Gasteiger partial charge in [-0.1, -0.05) is 15.9 Å². The second-order valence-corrected chi connectivity index (χ2v) is 5.21. The summed E-state index contributed by atoms with van der Waals surface area (Å²) in [7, 11) is 0. The molecule has 0 spiro atoms. The highest BCUT2D eigenvalue weighted by atomic mass is 79.9. The Labute approximate surface area is 113 Å². The minimum atomic E-state index is -1.41. The zero-order valence-corrected chi connectivity index (χ0v) is 12.0. The number of ketones is 1. The molecule has 0 saturated heterocycles. The third-order valence-electron chi connectivity index (χ3n) is 2.53. The van der Waals surface area contributed by atoms with Crippen LogP contribution in [-0.4, -0.2) is 18.4 Å². The lowest BCUT2D eigenvalue weighted by molar-refractivity contribution is -0.150. The van der Waals surface area contributed by atoms with Crippen LogP contribution in [0.1, 0.15) is 31.1 Å². The minimum absolute atomic E-state index is 0.123. The molecule has 1 aromatic rings. The van der Waals surface area contributed by atoms with Gasteiger partial charge in [0.25, 0.3) is 0 Å². The summed E-state index contributed by atoms with van der Waals surface area (Å²) < 4.78 is 19.0. The van der Waals surface area contributed by atoms with Crippen LogP contribution in [-0.2, 0) is 9.53 Å². The normalized spacial score (nSPS) is 11.2. The van der Waals surface area contributed by atoms with Crippen LogP contribution < -0.4 is 0 Å². The van der Waals surface area contributed by atoms with Crippen LogP contribution in [0.25, 0.3) is 0 Å². The van der Waals surface area contributed by atoms with Crippen LogP contribution in [0.5, 0.6) is 0 Å². The summed E-state index contributed by atoms with van der Waals surface area (Å²) in [6, 6.07) is 4.03. The number of ether oxygens (including phenoxy) is 1. The van der Waals surface area contributed by atoms with Crippen LogP contribution in [0, 0.1) is 11.2 Å². The number of carbonyl (C=O) groups is 2. The molecule has 0 aliphatic rings. The largest absolute Gasteiger partial charge is 0.465 e. The molecular weight excluding hydrogens is 303 g/mol. The molecule has 0 fully saturated rings. The molecule has 18 heavy (non-hydrogen) atoms. The molecule has 0 amide bonds. The molecule has 0 saturated carbocycles. The molecule has 1 aromatic carbocycles. The van der Waals surface area contributed by atoms with Crippen LogP contribution >= 0.6 is 15.9 Å². The van der Waals surface area contributed by atoms with Gasteiger partial charge in [0, 0.05) is 4.47 Å². The SMILES string of the molecule is CCOC(=O)C(C)(C)C(=O)c1cc(Br)ccc1F. The topological polar surface area (TPSA) is 43.4 Å². The molecule has 0 atom stereocenters. The van der Waals surface area contributed by atoms with E-state index in [0.29, 0.717) is 4.47 Å². The van der Waals surface area contributed by atoms with Gasteiger partial charge in [0.1, 0.15) is 11.2 Å². The number of halogens is 2. The molecule has 0 bridgehead atoms. The van der Waals surface area contributed by atoms with E-state index in [9.17, 15) is 14.0 Å². The Morgan fingerprint density at radius 2 is 2.00 bits per heavy atom. The molecule has 3 nitrogen and oxygen atoms in total. The maximum Gasteiger partial charge on any atom is 0.319 e. The van der Waals surface area contributed by atoms with E-state index in [2.05, 4.69) is 15.9 Å². The van der Waals surface area contributed by atoms with Crippen molar-refractivity contribution in [3.63, 3.8) is 0 Å². The van der Waals surface area contributed by atoms with E-state index >= 15 is 0 Å². The third-order valence-corrected chi connectivity index (χ3v) is 3.02. The van der Waals surface area contributed by atoms with Crippen molar-refractivity contribution in [2.24, 2.45) is 5.41 Å². The van der Waals surface area contributed by atoms with Gasteiger partial charge in [0.05, 0.1) is 12.2 Å². The van der Waals surface area contributed by atoms with Gasteiger partial charge in [0.15, 0.2) is 5.78 Å². The molecule has 1 rings (SSSR count). The van der Waals surface area contributed by atoms with Crippen molar-refractivity contribution in [1.29, 1.82) is 0 Å². The number of Topliss-reactive ketones (excluding diaryl/α,β-unsaturated/α-hetero) is 1. The van der Waals surface area contributed by atoms with Gasteiger partial charge in [-0.25, -0.2) is 4.39 Å². The van der Waals surface area contributed by atoms with Crippen LogP contribution in [0.3, 0.4) is 0 Å². The fourth-order valence-corrected chi connectivity index (χ4v) is 1.77. The number of hydrogen-bond donors (Lipinski definition) is 0. The molecule has 98 valence electrons. The zero-order valence-electron chi connectivity index (χ0n) is 10.4. The molecule has 0 unspecified atom stereocenters. The van der Waals surface area contributed by atoms with Crippen molar-refractivity contribution in [2.75, 3.05) is 6.61 Å². The van der Waals surface area contributed by atoms with Gasteiger partial charge >= 0.3 is 5.97 Å². The molecule has 0 heterocycles. The van der Waals surface area contributed by atoms with Gasteiger partial charge in [-0.15, -0.1) is 0 Å². The Balaban J connectivity index is 3.13. The minimum Gasteiger partial charge on any atom is -0.465 e. The highest BCUT2D eigenvalue weighted by molar-refractivity contribution is 9.10. The molecule has 0 N–H and O–H groups in total. The summed E-state index contributed by atoms with van der Waals surface area (Å²) in [6.45, 7) is 4.68. The van der Waals surface area contributed by atoms with Crippen molar-refractivity contribution in [2.45, 2.75) is 20.8 Å². The van der Waals surface area contributed by atoms with E-state index in [0.717, 1.165) is 0 Å². The van der Waals surface area contributed by atoms with Gasteiger partial charge in [0.2, 0.25) is 0 Å². The number of rotatable bonds is 4. The Kier molecular flexibility index (Phi) is 4.62. The third kappa shape index (κ3) is 2.96. The number of hydrogen-bond acceptors (Lipinski definition) is 3. The summed E-state index contributed by atoms with van der Waals surface area (Å²) in [5.74, 6) is -1.91. The average molecular weight is 317 g/mol. The van der Waals surface area contributed by atoms with Crippen molar-refractivity contribution in [3.05, 3.63) is 34.1 Å². The van der Waals surface area contributed by atoms with E-state index in [1.165, 1.54) is 32.0 Å². The lowest BCUT2D eigenvalue weighted by Crippen LogP contribution is -2.35. The molecule has 0 aliphatic heterocycles. The van der Waals surface area contributed by atoms with Crippen molar-refractivity contribution < 1.29 is 18.7 Å². The lowest BCUT2D eigenvalue weighted by Gasteiger charge is -2.21. The van der Waals surface area contributed by atoms with Crippen LogP contribution in [0.2, 0.25) is 0 Å². The van der Waals surface area contributed by atoms with Gasteiger partial charge in [-0.2, -0.15) is 0 Å². The first-order valence-electron chi connectivity index (χ1n) is 5.47. The van der Waals surface area contributed by atoms with E-state index in [-0.39, 0.29) is 12.2 Å². The van der Waals surface area contributed by atoms with Gasteiger partial charge < -0.3 is 4.74 Å². The first kappa shape index (κ1) is 14.8. The molecule has 0 aliphatic carbocycles. The Morgan fingerprint density at radius 1 is 1.39 bits per heavy atom. The molecule has 5 heteroatoms. The van der Waals surface area contributed by atoms with Crippen LogP contribution in [0.4, 0.5) is 4.39 Å². The van der Waals surface area contributed by atoms with E-state index in [1.54, 1.807) is 6.92 Å². The number of carbonyl (C=O) groups excluding carboxylic acids is 2. The second kappa shape index (κ2) is 5.61. The maximum absolute atomic E-state index is 13.6. The lowest BCUT2D eigenvalue weighted by atomic mass is 9.84. The van der Waals surface area contributed by atoms with Gasteiger partial charge in [-0.05, 0) is 39.0 Å². The molecule has 0 radical (unpaired) electrons. The predicted molar refractivity (Wildman–Crippen MR) is 68.8 cm³/mol. The fourth-order valence-electron chi connectivity index (χ4n) is 1.41. The Hall–Kier alpha value is -1.23. The van der Waals surface area contributed by atoms with E-state index in [1.807, 2.05) is 0 Å². The predicted octanol–water partition coefficient (Wildman–Crippen LogP) is 3.36. The number of benzene rings is 1. The highest BCUT2D eigenvalue weighted by Crippen LogP contribution is 2.27. The van der Waals surface area contributed by atoms with Crippen molar-refractivity contribution in [1.82, 2.24) is 0 Å². The first-order valence-corrected chi connectivity index (χ1v) is 6.27. The van der Waals surface area contributed by atoms with Crippen molar-refractivity contribution in [3.8, 4) is 0 Å². The molecule has 0 aromatic heterocycles. The van der Waals surface area contributed by atoms with Gasteiger partial charge in [-0.3, -0.25) is 9.59 Å². The quantitative estimate of drug-likeness (QED) is 0.486. The van der Waals surface area contributed by atoms with E-state index < -0.39 is 23.0 Å². The fraction of sp³-hybridized carbons (Fsp3) is 0.385. The summed E-state index contributed by atoms with van der Waals surface area (Å²) in [6.07, 6.45) is 0. The summed E-state index contributed by atoms with van der Waals surface area (Å²) in [4.78, 5) is 23.9. The maximum atomic E-state index is 13.6.